The van der Waals surface area contributed by atoms with Crippen molar-refractivity contribution < 1.29 is 26.8 Å². The summed E-state index contributed by atoms with van der Waals surface area (Å²) in [4.78, 5) is 0.254. The first-order chi connectivity index (χ1) is 18.2. The van der Waals surface area contributed by atoms with E-state index in [4.69, 9.17) is 13.8 Å². The molecule has 1 unspecified atom stereocenters. The van der Waals surface area contributed by atoms with Gasteiger partial charge in [0.15, 0.2) is 9.84 Å². The van der Waals surface area contributed by atoms with Gasteiger partial charge in [-0.1, -0.05) is 69.9 Å². The van der Waals surface area contributed by atoms with Crippen molar-refractivity contribution in [2.24, 2.45) is 0 Å². The second-order valence-electron chi connectivity index (χ2n) is 10.0. The summed E-state index contributed by atoms with van der Waals surface area (Å²) in [6.45, 7) is 8.22. The van der Waals surface area contributed by atoms with Crippen molar-refractivity contribution in [3.63, 3.8) is 0 Å². The number of hydrogen-bond donors (Lipinski definition) is 1. The molecule has 0 saturated heterocycles. The van der Waals surface area contributed by atoms with Gasteiger partial charge in [-0.3, -0.25) is 9.88 Å². The van der Waals surface area contributed by atoms with Crippen LogP contribution in [0.1, 0.15) is 89.0 Å². The molecule has 0 spiro atoms. The highest BCUT2D eigenvalue weighted by molar-refractivity contribution is 7.91. The maximum absolute atomic E-state index is 14.2. The Bertz CT molecular complexity index is 1180. The Labute approximate surface area is 229 Å². The van der Waals surface area contributed by atoms with E-state index < -0.39 is 23.0 Å². The number of hydrogen-bond acceptors (Lipinski definition) is 7. The van der Waals surface area contributed by atoms with Crippen LogP contribution in [0.15, 0.2) is 47.4 Å². The second-order valence-corrected chi connectivity index (χ2v) is 14.1. The number of ether oxygens (including phenoxy) is 1. The lowest BCUT2D eigenvalue weighted by molar-refractivity contribution is 0.219. The van der Waals surface area contributed by atoms with Crippen LogP contribution in [-0.2, 0) is 29.6 Å². The third-order valence-electron chi connectivity index (χ3n) is 7.14. The first-order valence-electron chi connectivity index (χ1n) is 13.8. The maximum atomic E-state index is 14.2. The summed E-state index contributed by atoms with van der Waals surface area (Å²) in [6, 6.07) is 13.1. The summed E-state index contributed by atoms with van der Waals surface area (Å²) in [5.74, 6) is 0.479. The normalized spacial score (nSPS) is 18.5. The van der Waals surface area contributed by atoms with Crippen LogP contribution in [0.3, 0.4) is 0 Å². The summed E-state index contributed by atoms with van der Waals surface area (Å²) in [7, 11) is -5.65. The molecule has 0 aliphatic carbocycles. The molecule has 38 heavy (non-hydrogen) atoms. The first kappa shape index (κ1) is 30.8. The summed E-state index contributed by atoms with van der Waals surface area (Å²) < 4.78 is 58.5. The van der Waals surface area contributed by atoms with E-state index in [-0.39, 0.29) is 36.1 Å². The number of benzene rings is 2. The molecule has 0 bridgehead atoms. The Kier molecular flexibility index (Phi) is 11.0. The Morgan fingerprint density at radius 2 is 1.58 bits per heavy atom. The molecule has 0 amide bonds. The quantitative estimate of drug-likeness (QED) is 0.246. The van der Waals surface area contributed by atoms with Crippen molar-refractivity contribution in [1.82, 2.24) is 5.32 Å². The van der Waals surface area contributed by atoms with Crippen LogP contribution in [0.4, 0.5) is 0 Å². The molecule has 9 heteroatoms. The fourth-order valence-corrected chi connectivity index (χ4v) is 9.20. The Morgan fingerprint density at radius 1 is 0.974 bits per heavy atom. The van der Waals surface area contributed by atoms with Gasteiger partial charge in [0.25, 0.3) is 0 Å². The highest BCUT2D eigenvalue weighted by Crippen LogP contribution is 2.53. The van der Waals surface area contributed by atoms with Gasteiger partial charge in [0.05, 0.1) is 43.2 Å². The summed E-state index contributed by atoms with van der Waals surface area (Å²) >= 11 is 0. The number of unbranched alkanes of at least 4 members (excludes halogenated alkanes) is 2. The predicted molar refractivity (Wildman–Crippen MR) is 153 cm³/mol. The molecule has 0 saturated carbocycles. The molecule has 1 N–H and O–H groups in total. The van der Waals surface area contributed by atoms with Crippen LogP contribution in [0.2, 0.25) is 0 Å². The Hall–Kier alpha value is -1.70. The first-order valence-corrected chi connectivity index (χ1v) is 17.2. The average molecular weight is 566 g/mol. The van der Waals surface area contributed by atoms with E-state index in [2.05, 4.69) is 19.2 Å². The van der Waals surface area contributed by atoms with Crippen molar-refractivity contribution in [3.05, 3.63) is 59.2 Å². The second kappa shape index (κ2) is 13.6. The van der Waals surface area contributed by atoms with Gasteiger partial charge in [-0.25, -0.2) is 8.42 Å². The minimum Gasteiger partial charge on any atom is -0.496 e. The lowest BCUT2D eigenvalue weighted by Gasteiger charge is -2.37. The summed E-state index contributed by atoms with van der Waals surface area (Å²) in [6.07, 6.45) is 5.32. The zero-order chi connectivity index (χ0) is 27.8. The third-order valence-corrected chi connectivity index (χ3v) is 11.1. The minimum atomic E-state index is -3.70. The number of sulfone groups is 1. The van der Waals surface area contributed by atoms with Gasteiger partial charge in [-0.05, 0) is 49.9 Å². The third kappa shape index (κ3) is 7.28. The van der Waals surface area contributed by atoms with Gasteiger partial charge in [-0.15, -0.1) is 0 Å². The lowest BCUT2D eigenvalue weighted by atomic mass is 9.86. The topological polar surface area (TPSA) is 90.9 Å². The molecule has 1 heterocycles. The molecule has 3 rings (SSSR count). The molecule has 0 aromatic heterocycles. The van der Waals surface area contributed by atoms with E-state index in [0.717, 1.165) is 44.1 Å². The van der Waals surface area contributed by atoms with Crippen LogP contribution in [0.5, 0.6) is 5.75 Å². The summed E-state index contributed by atoms with van der Waals surface area (Å²) in [5.41, 5.74) is 1.58. The van der Waals surface area contributed by atoms with E-state index in [0.29, 0.717) is 16.9 Å². The largest absolute Gasteiger partial charge is 0.496 e. The van der Waals surface area contributed by atoms with Crippen molar-refractivity contribution in [2.45, 2.75) is 88.9 Å². The van der Waals surface area contributed by atoms with E-state index in [9.17, 15) is 13.0 Å². The number of rotatable bonds is 14. The standard InChI is InChI=1S/C29H44NO6PS/c1-6-10-17-29(18-11-7-2)22-38(32,33)27-19-24(21-37(31,35-8-3)36-9-4)26(34-5)20-25(27)28(30-29)23-15-13-12-14-16-23/h12-16,19-20,28,30H,6-11,17-18,21-22H2,1-5H3. The van der Waals surface area contributed by atoms with E-state index >= 15 is 0 Å². The van der Waals surface area contributed by atoms with E-state index in [1.165, 1.54) is 0 Å². The molecule has 0 radical (unpaired) electrons. The number of fused-ring (bicyclic) bond motifs is 1. The Balaban J connectivity index is 2.25. The van der Waals surface area contributed by atoms with Gasteiger partial charge >= 0.3 is 7.60 Å². The monoisotopic (exact) mass is 565 g/mol. The molecule has 1 atom stereocenters. The zero-order valence-corrected chi connectivity index (χ0v) is 25.2. The molecule has 7 nitrogen and oxygen atoms in total. The van der Waals surface area contributed by atoms with E-state index in [1.54, 1.807) is 33.1 Å². The van der Waals surface area contributed by atoms with Crippen molar-refractivity contribution in [3.8, 4) is 5.75 Å². The van der Waals surface area contributed by atoms with Crippen molar-refractivity contribution >= 4 is 17.4 Å². The average Bonchev–Trinajstić information content (AvgIpc) is 2.98. The Morgan fingerprint density at radius 3 is 2.11 bits per heavy atom. The van der Waals surface area contributed by atoms with Crippen LogP contribution in [-0.4, -0.2) is 40.0 Å². The molecular weight excluding hydrogens is 521 g/mol. The smallest absolute Gasteiger partial charge is 0.335 e. The molecule has 212 valence electrons. The van der Waals surface area contributed by atoms with Crippen LogP contribution >= 0.6 is 7.60 Å². The molecule has 2 aromatic rings. The van der Waals surface area contributed by atoms with Gasteiger partial charge in [0.2, 0.25) is 0 Å². The highest BCUT2D eigenvalue weighted by Gasteiger charge is 2.43. The lowest BCUT2D eigenvalue weighted by Crippen LogP contribution is -2.50. The van der Waals surface area contributed by atoms with Crippen LogP contribution in [0, 0.1) is 0 Å². The SMILES string of the molecule is CCCCC1(CCCC)CS(=O)(=O)c2cc(CP(=O)(OCC)OCC)c(OC)cc2C(c2ccccc2)N1. The highest BCUT2D eigenvalue weighted by atomic mass is 32.2. The minimum absolute atomic E-state index is 0.0106. The fraction of sp³-hybridized carbons (Fsp3) is 0.586. The number of methoxy groups -OCH3 is 1. The molecule has 1 aliphatic heterocycles. The van der Waals surface area contributed by atoms with Crippen molar-refractivity contribution in [1.29, 1.82) is 0 Å². The molecule has 2 aromatic carbocycles. The maximum Gasteiger partial charge on any atom is 0.335 e. The van der Waals surface area contributed by atoms with Gasteiger partial charge in [-0.2, -0.15) is 0 Å². The number of nitrogens with one attached hydrogen (secondary N) is 1. The predicted octanol–water partition coefficient (Wildman–Crippen LogP) is 7.05. The van der Waals surface area contributed by atoms with Crippen LogP contribution in [0.25, 0.3) is 0 Å². The summed E-state index contributed by atoms with van der Waals surface area (Å²) in [5, 5.41) is 3.85. The van der Waals surface area contributed by atoms with Crippen LogP contribution < -0.4 is 10.1 Å². The zero-order valence-electron chi connectivity index (χ0n) is 23.5. The van der Waals surface area contributed by atoms with Gasteiger partial charge in [0, 0.05) is 11.1 Å². The van der Waals surface area contributed by atoms with E-state index in [1.807, 2.05) is 30.3 Å². The molecular formula is C29H44NO6PS. The van der Waals surface area contributed by atoms with Crippen molar-refractivity contribution in [2.75, 3.05) is 26.1 Å². The molecule has 0 fully saturated rings. The fourth-order valence-electron chi connectivity index (χ4n) is 5.38. The van der Waals surface area contributed by atoms with Gasteiger partial charge < -0.3 is 13.8 Å². The van der Waals surface area contributed by atoms with Gasteiger partial charge in [0.1, 0.15) is 5.75 Å². The molecule has 1 aliphatic rings.